The molecule has 0 aliphatic carbocycles. The number of hydrogen-bond acceptors (Lipinski definition) is 6. The van der Waals surface area contributed by atoms with Crippen LogP contribution in [-0.4, -0.2) is 39.4 Å². The summed E-state index contributed by atoms with van der Waals surface area (Å²) in [6, 6.07) is 4.25. The summed E-state index contributed by atoms with van der Waals surface area (Å²) in [5.41, 5.74) is 0.286. The third-order valence-corrected chi connectivity index (χ3v) is 3.27. The fourth-order valence-electron chi connectivity index (χ4n) is 1.45. The molecule has 1 aromatic carbocycles. The highest BCUT2D eigenvalue weighted by Gasteiger charge is 2.22. The molecule has 18 heavy (non-hydrogen) atoms. The fraction of sp³-hybridized carbons (Fsp3) is 0.417. The first-order chi connectivity index (χ1) is 8.45. The number of rotatable bonds is 5. The zero-order valence-electron chi connectivity index (χ0n) is 10.2. The maximum Gasteiger partial charge on any atom is 0.185 e. The van der Waals surface area contributed by atoms with Crippen molar-refractivity contribution in [2.24, 2.45) is 0 Å². The summed E-state index contributed by atoms with van der Waals surface area (Å²) in [7, 11) is 1.43. The van der Waals surface area contributed by atoms with Gasteiger partial charge in [-0.05, 0) is 18.2 Å². The molecule has 100 valence electrons. The van der Waals surface area contributed by atoms with Crippen molar-refractivity contribution in [1.29, 1.82) is 0 Å². The Hall–Kier alpha value is -1.24. The molecule has 1 rings (SSSR count). The average Bonchev–Trinajstić information content (AvgIpc) is 2.34. The van der Waals surface area contributed by atoms with Gasteiger partial charge in [0.2, 0.25) is 0 Å². The highest BCUT2D eigenvalue weighted by Crippen LogP contribution is 2.31. The quantitative estimate of drug-likeness (QED) is 0.743. The van der Waals surface area contributed by atoms with Gasteiger partial charge < -0.3 is 20.1 Å². The molecule has 0 aliphatic heterocycles. The molecule has 0 heterocycles. The second-order valence-corrected chi connectivity index (χ2v) is 4.94. The summed E-state index contributed by atoms with van der Waals surface area (Å²) in [5, 5.41) is 29.0. The Kier molecular flexibility index (Phi) is 5.46. The van der Waals surface area contributed by atoms with E-state index in [1.54, 1.807) is 0 Å². The summed E-state index contributed by atoms with van der Waals surface area (Å²) in [6.07, 6.45) is -2.34. The molecule has 0 spiro atoms. The van der Waals surface area contributed by atoms with E-state index in [9.17, 15) is 20.1 Å². The molecular weight excluding hydrogens is 256 g/mol. The highest BCUT2D eigenvalue weighted by molar-refractivity contribution is 8.13. The molecule has 2 atom stereocenters. The van der Waals surface area contributed by atoms with Gasteiger partial charge in [0.1, 0.15) is 17.6 Å². The molecule has 1 aromatic rings. The minimum absolute atomic E-state index is 0.0312. The first-order valence-electron chi connectivity index (χ1n) is 5.32. The van der Waals surface area contributed by atoms with Crippen LogP contribution in [0.4, 0.5) is 0 Å². The number of phenolic OH excluding ortho intramolecular Hbond substituents is 1. The molecule has 6 heteroatoms. The number of thioether (sulfide) groups is 1. The van der Waals surface area contributed by atoms with Gasteiger partial charge in [0.05, 0.1) is 13.2 Å². The van der Waals surface area contributed by atoms with Crippen LogP contribution in [0.25, 0.3) is 0 Å². The van der Waals surface area contributed by atoms with E-state index in [4.69, 9.17) is 4.74 Å². The van der Waals surface area contributed by atoms with Crippen LogP contribution in [0.1, 0.15) is 18.6 Å². The number of aromatic hydroxyl groups is 1. The average molecular weight is 272 g/mol. The number of benzene rings is 1. The van der Waals surface area contributed by atoms with E-state index >= 15 is 0 Å². The SMILES string of the molecule is COc1ccc(O)cc1C(O)C(O)CSC(C)=O. The summed E-state index contributed by atoms with van der Waals surface area (Å²) >= 11 is 0.928. The van der Waals surface area contributed by atoms with Gasteiger partial charge in [-0.25, -0.2) is 0 Å². The molecule has 0 amide bonds. The first-order valence-corrected chi connectivity index (χ1v) is 6.30. The van der Waals surface area contributed by atoms with Crippen LogP contribution in [0.5, 0.6) is 11.5 Å². The van der Waals surface area contributed by atoms with E-state index in [1.165, 1.54) is 32.2 Å². The monoisotopic (exact) mass is 272 g/mol. The molecule has 0 saturated carbocycles. The molecule has 0 aromatic heterocycles. The smallest absolute Gasteiger partial charge is 0.185 e. The lowest BCUT2D eigenvalue weighted by Gasteiger charge is -2.19. The van der Waals surface area contributed by atoms with Gasteiger partial charge >= 0.3 is 0 Å². The number of phenols is 1. The van der Waals surface area contributed by atoms with Crippen molar-refractivity contribution in [3.8, 4) is 11.5 Å². The van der Waals surface area contributed by atoms with Gasteiger partial charge in [-0.2, -0.15) is 0 Å². The van der Waals surface area contributed by atoms with Gasteiger partial charge in [-0.3, -0.25) is 4.79 Å². The van der Waals surface area contributed by atoms with Crippen molar-refractivity contribution in [2.75, 3.05) is 12.9 Å². The van der Waals surface area contributed by atoms with Crippen molar-refractivity contribution in [1.82, 2.24) is 0 Å². The second-order valence-electron chi connectivity index (χ2n) is 3.74. The Bertz CT molecular complexity index is 421. The normalized spacial score (nSPS) is 14.0. The minimum atomic E-state index is -1.22. The molecule has 0 saturated heterocycles. The van der Waals surface area contributed by atoms with E-state index < -0.39 is 12.2 Å². The lowest BCUT2D eigenvalue weighted by atomic mass is 10.0. The molecule has 2 unspecified atom stereocenters. The van der Waals surface area contributed by atoms with Crippen LogP contribution in [0.15, 0.2) is 18.2 Å². The standard InChI is InChI=1S/C12H16O5S/c1-7(13)18-6-10(15)12(16)9-5-8(14)3-4-11(9)17-2/h3-5,10,12,14-16H,6H2,1-2H3. The third-order valence-electron chi connectivity index (χ3n) is 2.35. The molecule has 0 radical (unpaired) electrons. The molecule has 0 fully saturated rings. The van der Waals surface area contributed by atoms with Crippen LogP contribution in [-0.2, 0) is 4.79 Å². The number of aliphatic hydroxyl groups excluding tert-OH is 2. The van der Waals surface area contributed by atoms with Crippen LogP contribution < -0.4 is 4.74 Å². The zero-order chi connectivity index (χ0) is 13.7. The topological polar surface area (TPSA) is 87.0 Å². The maximum absolute atomic E-state index is 10.8. The summed E-state index contributed by atoms with van der Waals surface area (Å²) in [5.74, 6) is 0.415. The third kappa shape index (κ3) is 3.90. The van der Waals surface area contributed by atoms with E-state index in [0.717, 1.165) is 11.8 Å². The van der Waals surface area contributed by atoms with Gasteiger partial charge in [-0.1, -0.05) is 11.8 Å². The minimum Gasteiger partial charge on any atom is -0.508 e. The van der Waals surface area contributed by atoms with Crippen LogP contribution in [0.2, 0.25) is 0 Å². The Morgan fingerprint density at radius 1 is 1.44 bits per heavy atom. The first kappa shape index (κ1) is 14.8. The molecular formula is C12H16O5S. The fourth-order valence-corrected chi connectivity index (χ4v) is 2.04. The van der Waals surface area contributed by atoms with Crippen LogP contribution in [0, 0.1) is 0 Å². The predicted molar refractivity (Wildman–Crippen MR) is 68.8 cm³/mol. The lowest BCUT2D eigenvalue weighted by molar-refractivity contribution is -0.109. The van der Waals surface area contributed by atoms with Crippen molar-refractivity contribution in [2.45, 2.75) is 19.1 Å². The molecule has 0 bridgehead atoms. The van der Waals surface area contributed by atoms with Gasteiger partial charge in [-0.15, -0.1) is 0 Å². The second kappa shape index (κ2) is 6.63. The van der Waals surface area contributed by atoms with Crippen molar-refractivity contribution >= 4 is 16.9 Å². The molecule has 0 aliphatic rings. The lowest BCUT2D eigenvalue weighted by Crippen LogP contribution is -2.21. The zero-order valence-corrected chi connectivity index (χ0v) is 11.0. The molecule has 5 nitrogen and oxygen atoms in total. The highest BCUT2D eigenvalue weighted by atomic mass is 32.2. The van der Waals surface area contributed by atoms with E-state index in [-0.39, 0.29) is 22.2 Å². The number of methoxy groups -OCH3 is 1. The van der Waals surface area contributed by atoms with Crippen LogP contribution >= 0.6 is 11.8 Å². The van der Waals surface area contributed by atoms with Gasteiger partial charge in [0.15, 0.2) is 5.12 Å². The van der Waals surface area contributed by atoms with Crippen LogP contribution in [0.3, 0.4) is 0 Å². The summed E-state index contributed by atoms with van der Waals surface area (Å²) in [6.45, 7) is 1.39. The van der Waals surface area contributed by atoms with Gasteiger partial charge in [0.25, 0.3) is 0 Å². The predicted octanol–water partition coefficient (Wildman–Crippen LogP) is 1.07. The number of aliphatic hydroxyl groups is 2. The van der Waals surface area contributed by atoms with Crippen molar-refractivity contribution < 1.29 is 24.9 Å². The number of ether oxygens (including phenoxy) is 1. The Morgan fingerprint density at radius 2 is 2.11 bits per heavy atom. The van der Waals surface area contributed by atoms with Crippen molar-refractivity contribution in [3.05, 3.63) is 23.8 Å². The largest absolute Gasteiger partial charge is 0.508 e. The van der Waals surface area contributed by atoms with E-state index in [1.807, 2.05) is 0 Å². The van der Waals surface area contributed by atoms with Gasteiger partial charge in [0, 0.05) is 18.2 Å². The summed E-state index contributed by atoms with van der Waals surface area (Å²) in [4.78, 5) is 10.8. The molecule has 3 N–H and O–H groups in total. The number of hydrogen-bond donors (Lipinski definition) is 3. The van der Waals surface area contributed by atoms with E-state index in [2.05, 4.69) is 0 Å². The number of carbonyl (C=O) groups is 1. The summed E-state index contributed by atoms with van der Waals surface area (Å²) < 4.78 is 5.04. The van der Waals surface area contributed by atoms with Crippen molar-refractivity contribution in [3.63, 3.8) is 0 Å². The number of carbonyl (C=O) groups excluding carboxylic acids is 1. The Labute approximate surface area is 109 Å². The maximum atomic E-state index is 10.8. The Morgan fingerprint density at radius 3 is 2.67 bits per heavy atom. The Balaban J connectivity index is 2.84. The van der Waals surface area contributed by atoms with E-state index in [0.29, 0.717) is 5.75 Å².